The predicted molar refractivity (Wildman–Crippen MR) is 73.0 cm³/mol. The van der Waals surface area contributed by atoms with Gasteiger partial charge in [0.15, 0.2) is 0 Å². The van der Waals surface area contributed by atoms with Gasteiger partial charge in [0.25, 0.3) is 0 Å². The number of nitrogen functional groups attached to an aromatic ring is 1. The molecule has 0 saturated heterocycles. The molecule has 94 valence electrons. The van der Waals surface area contributed by atoms with E-state index in [-0.39, 0.29) is 11.5 Å². The van der Waals surface area contributed by atoms with E-state index in [1.54, 1.807) is 12.3 Å². The summed E-state index contributed by atoms with van der Waals surface area (Å²) in [5, 5.41) is 0. The number of rotatable bonds is 3. The van der Waals surface area contributed by atoms with Gasteiger partial charge in [-0.05, 0) is 36.1 Å². The van der Waals surface area contributed by atoms with E-state index in [0.29, 0.717) is 0 Å². The number of nitrogens with zero attached hydrogens (tertiary/aromatic N) is 2. The van der Waals surface area contributed by atoms with Crippen LogP contribution in [0.3, 0.4) is 0 Å². The van der Waals surface area contributed by atoms with Gasteiger partial charge >= 0.3 is 5.69 Å². The van der Waals surface area contributed by atoms with Gasteiger partial charge in [0.05, 0.1) is 5.69 Å². The molecule has 0 bridgehead atoms. The number of benzene rings is 1. The smallest absolute Gasteiger partial charge is 0.354 e. The molecule has 18 heavy (non-hydrogen) atoms. The van der Waals surface area contributed by atoms with Gasteiger partial charge in [0.2, 0.25) is 0 Å². The maximum Gasteiger partial charge on any atom is 0.354 e. The second kappa shape index (κ2) is 5.04. The van der Waals surface area contributed by atoms with Crippen LogP contribution >= 0.6 is 0 Å². The van der Waals surface area contributed by atoms with Crippen LogP contribution in [-0.2, 0) is 12.8 Å². The highest BCUT2D eigenvalue weighted by Gasteiger charge is 2.06. The van der Waals surface area contributed by atoms with Crippen molar-refractivity contribution in [3.05, 3.63) is 52.1 Å². The van der Waals surface area contributed by atoms with Crippen LogP contribution < -0.4 is 11.4 Å². The Balaban J connectivity index is 2.60. The van der Waals surface area contributed by atoms with E-state index in [4.69, 9.17) is 5.73 Å². The standard InChI is InChI=1S/C14H17N3O/c1-3-10-5-6-12(11(4-2)9-10)17-8-7-13(15)16-14(17)18/h5-9H,3-4H2,1-2H3,(H2,15,16,18). The van der Waals surface area contributed by atoms with E-state index >= 15 is 0 Å². The van der Waals surface area contributed by atoms with Gasteiger partial charge in [0.1, 0.15) is 5.82 Å². The molecule has 0 spiro atoms. The largest absolute Gasteiger partial charge is 0.383 e. The average molecular weight is 243 g/mol. The zero-order chi connectivity index (χ0) is 13.1. The number of nitrogens with two attached hydrogens (primary N) is 1. The molecule has 1 heterocycles. The highest BCUT2D eigenvalue weighted by molar-refractivity contribution is 5.44. The van der Waals surface area contributed by atoms with E-state index < -0.39 is 0 Å². The minimum Gasteiger partial charge on any atom is -0.383 e. The van der Waals surface area contributed by atoms with Crippen LogP contribution in [0.4, 0.5) is 5.82 Å². The molecule has 4 nitrogen and oxygen atoms in total. The second-order valence-electron chi connectivity index (χ2n) is 4.18. The Kier molecular flexibility index (Phi) is 3.46. The highest BCUT2D eigenvalue weighted by atomic mass is 16.1. The van der Waals surface area contributed by atoms with Gasteiger partial charge in [-0.2, -0.15) is 4.98 Å². The topological polar surface area (TPSA) is 60.9 Å². The minimum atomic E-state index is -0.339. The maximum atomic E-state index is 11.8. The summed E-state index contributed by atoms with van der Waals surface area (Å²) in [4.78, 5) is 15.6. The molecule has 0 atom stereocenters. The zero-order valence-corrected chi connectivity index (χ0v) is 10.7. The van der Waals surface area contributed by atoms with Crippen molar-refractivity contribution in [3.8, 4) is 5.69 Å². The van der Waals surface area contributed by atoms with E-state index in [0.717, 1.165) is 24.1 Å². The van der Waals surface area contributed by atoms with E-state index in [2.05, 4.69) is 24.9 Å². The molecule has 0 fully saturated rings. The Hall–Kier alpha value is -2.10. The van der Waals surface area contributed by atoms with E-state index in [1.165, 1.54) is 10.1 Å². The summed E-state index contributed by atoms with van der Waals surface area (Å²) in [6, 6.07) is 7.78. The molecule has 0 aliphatic rings. The summed E-state index contributed by atoms with van der Waals surface area (Å²) in [6.45, 7) is 4.19. The lowest BCUT2D eigenvalue weighted by Crippen LogP contribution is -2.22. The van der Waals surface area contributed by atoms with Crippen LogP contribution in [0.25, 0.3) is 5.69 Å². The third kappa shape index (κ3) is 2.27. The predicted octanol–water partition coefficient (Wildman–Crippen LogP) is 1.94. The average Bonchev–Trinajstić information content (AvgIpc) is 2.38. The summed E-state index contributed by atoms with van der Waals surface area (Å²) in [7, 11) is 0. The Labute approximate surface area is 106 Å². The van der Waals surface area contributed by atoms with Crippen LogP contribution in [0.2, 0.25) is 0 Å². The fraction of sp³-hybridized carbons (Fsp3) is 0.286. The molecule has 1 aromatic carbocycles. The molecule has 2 rings (SSSR count). The summed E-state index contributed by atoms with van der Waals surface area (Å²) < 4.78 is 1.54. The molecule has 0 radical (unpaired) electrons. The molecule has 1 aromatic heterocycles. The number of aromatic nitrogens is 2. The van der Waals surface area contributed by atoms with Crippen LogP contribution in [0.15, 0.2) is 35.3 Å². The zero-order valence-electron chi connectivity index (χ0n) is 10.7. The normalized spacial score (nSPS) is 10.6. The van der Waals surface area contributed by atoms with Gasteiger partial charge in [-0.25, -0.2) is 4.79 Å². The summed E-state index contributed by atoms with van der Waals surface area (Å²) in [5.41, 5.74) is 8.45. The highest BCUT2D eigenvalue weighted by Crippen LogP contribution is 2.16. The molecule has 0 unspecified atom stereocenters. The van der Waals surface area contributed by atoms with Gasteiger partial charge in [-0.3, -0.25) is 4.57 Å². The van der Waals surface area contributed by atoms with Gasteiger partial charge in [0, 0.05) is 6.20 Å². The Morgan fingerprint density at radius 3 is 2.61 bits per heavy atom. The first kappa shape index (κ1) is 12.4. The van der Waals surface area contributed by atoms with Crippen LogP contribution in [0.5, 0.6) is 0 Å². The lowest BCUT2D eigenvalue weighted by atomic mass is 10.0. The summed E-state index contributed by atoms with van der Waals surface area (Å²) in [6.07, 6.45) is 3.53. The fourth-order valence-corrected chi connectivity index (χ4v) is 1.98. The lowest BCUT2D eigenvalue weighted by Gasteiger charge is -2.11. The maximum absolute atomic E-state index is 11.8. The Morgan fingerprint density at radius 2 is 2.00 bits per heavy atom. The van der Waals surface area contributed by atoms with E-state index in [9.17, 15) is 4.79 Å². The van der Waals surface area contributed by atoms with Crippen molar-refractivity contribution in [2.24, 2.45) is 0 Å². The number of hydrogen-bond donors (Lipinski definition) is 1. The second-order valence-corrected chi connectivity index (χ2v) is 4.18. The van der Waals surface area contributed by atoms with E-state index in [1.807, 2.05) is 12.1 Å². The third-order valence-corrected chi connectivity index (χ3v) is 3.02. The van der Waals surface area contributed by atoms with Crippen molar-refractivity contribution in [1.82, 2.24) is 9.55 Å². The molecule has 0 aliphatic carbocycles. The molecule has 2 N–H and O–H groups in total. The molecule has 0 amide bonds. The van der Waals surface area contributed by atoms with Gasteiger partial charge in [-0.1, -0.05) is 26.0 Å². The van der Waals surface area contributed by atoms with Crippen molar-refractivity contribution < 1.29 is 0 Å². The first-order valence-electron chi connectivity index (χ1n) is 6.13. The number of aryl methyl sites for hydroxylation is 2. The number of anilines is 1. The molecule has 0 saturated carbocycles. The van der Waals surface area contributed by atoms with Crippen LogP contribution in [0, 0.1) is 0 Å². The van der Waals surface area contributed by atoms with Gasteiger partial charge < -0.3 is 5.73 Å². The quantitative estimate of drug-likeness (QED) is 0.896. The van der Waals surface area contributed by atoms with Crippen LogP contribution in [0.1, 0.15) is 25.0 Å². The first-order valence-corrected chi connectivity index (χ1v) is 6.13. The summed E-state index contributed by atoms with van der Waals surface area (Å²) in [5.74, 6) is 0.250. The fourth-order valence-electron chi connectivity index (χ4n) is 1.98. The molecule has 0 aliphatic heterocycles. The number of hydrogen-bond acceptors (Lipinski definition) is 3. The lowest BCUT2D eigenvalue weighted by molar-refractivity contribution is 0.897. The third-order valence-electron chi connectivity index (χ3n) is 3.02. The van der Waals surface area contributed by atoms with Crippen molar-refractivity contribution in [2.75, 3.05) is 5.73 Å². The molecule has 2 aromatic rings. The van der Waals surface area contributed by atoms with Crippen molar-refractivity contribution in [2.45, 2.75) is 26.7 Å². The minimum absolute atomic E-state index is 0.250. The van der Waals surface area contributed by atoms with Crippen LogP contribution in [-0.4, -0.2) is 9.55 Å². The molecular weight excluding hydrogens is 226 g/mol. The molecular formula is C14H17N3O. The van der Waals surface area contributed by atoms with Gasteiger partial charge in [-0.15, -0.1) is 0 Å². The van der Waals surface area contributed by atoms with Crippen molar-refractivity contribution >= 4 is 5.82 Å². The molecule has 4 heteroatoms. The van der Waals surface area contributed by atoms with Crippen molar-refractivity contribution in [1.29, 1.82) is 0 Å². The SMILES string of the molecule is CCc1ccc(-n2ccc(N)nc2=O)c(CC)c1. The Bertz CT molecular complexity index is 617. The first-order chi connectivity index (χ1) is 8.65. The van der Waals surface area contributed by atoms with Crippen molar-refractivity contribution in [3.63, 3.8) is 0 Å². The summed E-state index contributed by atoms with van der Waals surface area (Å²) >= 11 is 0. The monoisotopic (exact) mass is 243 g/mol. The Morgan fingerprint density at radius 1 is 1.22 bits per heavy atom.